The number of imide groups is 1. The maximum absolute atomic E-state index is 12.0. The molecule has 24 heavy (non-hydrogen) atoms. The van der Waals surface area contributed by atoms with Crippen LogP contribution in [-0.4, -0.2) is 51.8 Å². The predicted molar refractivity (Wildman–Crippen MR) is 85.2 cm³/mol. The summed E-state index contributed by atoms with van der Waals surface area (Å²) in [7, 11) is 0. The van der Waals surface area contributed by atoms with Gasteiger partial charge in [0.25, 0.3) is 11.5 Å². The molecule has 2 rings (SSSR count). The van der Waals surface area contributed by atoms with E-state index in [2.05, 4.69) is 20.6 Å². The van der Waals surface area contributed by atoms with Gasteiger partial charge in [-0.1, -0.05) is 6.92 Å². The summed E-state index contributed by atoms with van der Waals surface area (Å²) < 4.78 is 0. The van der Waals surface area contributed by atoms with Crippen LogP contribution >= 0.6 is 0 Å². The molecule has 0 aliphatic carbocycles. The number of aromatic nitrogens is 2. The molecule has 0 saturated carbocycles. The number of carbonyl (C=O) groups is 3. The quantitative estimate of drug-likeness (QED) is 0.577. The van der Waals surface area contributed by atoms with E-state index in [1.54, 1.807) is 6.92 Å². The minimum Gasteiger partial charge on any atom is -0.356 e. The number of aromatic amines is 1. The van der Waals surface area contributed by atoms with Crippen molar-refractivity contribution in [3.8, 4) is 0 Å². The van der Waals surface area contributed by atoms with E-state index in [0.717, 1.165) is 4.90 Å². The molecule has 9 heteroatoms. The standard InChI is InChI=1S/C15H21N5O4/c1-3-6-20-14(23)10(18-15(20)24)8-12(21)16-5-4-11-17-9(2)7-13(22)19-11/h7,10H,3-6,8H2,1-2H3,(H,16,21)(H,18,24)(H,17,19,22)/t10-/m0/s1. The first-order chi connectivity index (χ1) is 11.4. The summed E-state index contributed by atoms with van der Waals surface area (Å²) in [5.41, 5.74) is 0.370. The Kier molecular flexibility index (Phi) is 5.67. The van der Waals surface area contributed by atoms with Crippen LogP contribution in [0, 0.1) is 6.92 Å². The van der Waals surface area contributed by atoms with E-state index in [4.69, 9.17) is 0 Å². The molecule has 4 amide bonds. The van der Waals surface area contributed by atoms with Gasteiger partial charge in [0, 0.05) is 31.3 Å². The second-order valence-electron chi connectivity index (χ2n) is 5.63. The van der Waals surface area contributed by atoms with Crippen LogP contribution in [-0.2, 0) is 16.0 Å². The molecule has 1 saturated heterocycles. The van der Waals surface area contributed by atoms with Gasteiger partial charge in [0.2, 0.25) is 5.91 Å². The van der Waals surface area contributed by atoms with E-state index in [1.807, 2.05) is 6.92 Å². The predicted octanol–water partition coefficient (Wildman–Crippen LogP) is -0.542. The highest BCUT2D eigenvalue weighted by Gasteiger charge is 2.38. The van der Waals surface area contributed by atoms with Gasteiger partial charge in [-0.3, -0.25) is 19.3 Å². The van der Waals surface area contributed by atoms with Crippen LogP contribution in [0.15, 0.2) is 10.9 Å². The summed E-state index contributed by atoms with van der Waals surface area (Å²) in [6.07, 6.45) is 0.928. The van der Waals surface area contributed by atoms with Crippen molar-refractivity contribution >= 4 is 17.8 Å². The van der Waals surface area contributed by atoms with Gasteiger partial charge in [-0.25, -0.2) is 9.78 Å². The second-order valence-corrected chi connectivity index (χ2v) is 5.63. The summed E-state index contributed by atoms with van der Waals surface area (Å²) in [6.45, 7) is 4.20. The van der Waals surface area contributed by atoms with Gasteiger partial charge in [0.15, 0.2) is 0 Å². The van der Waals surface area contributed by atoms with Crippen LogP contribution in [0.25, 0.3) is 0 Å². The Morgan fingerprint density at radius 3 is 2.79 bits per heavy atom. The molecule has 1 aliphatic heterocycles. The third-order valence-corrected chi connectivity index (χ3v) is 3.55. The molecule has 1 aliphatic rings. The summed E-state index contributed by atoms with van der Waals surface area (Å²) >= 11 is 0. The normalized spacial score (nSPS) is 17.1. The van der Waals surface area contributed by atoms with E-state index in [0.29, 0.717) is 30.9 Å². The van der Waals surface area contributed by atoms with Crippen LogP contribution in [0.2, 0.25) is 0 Å². The molecule has 0 bridgehead atoms. The monoisotopic (exact) mass is 335 g/mol. The number of amides is 4. The molecule has 0 aromatic carbocycles. The minimum atomic E-state index is -0.819. The van der Waals surface area contributed by atoms with Crippen molar-refractivity contribution in [1.29, 1.82) is 0 Å². The highest BCUT2D eigenvalue weighted by atomic mass is 16.2. The van der Waals surface area contributed by atoms with Crippen molar-refractivity contribution < 1.29 is 14.4 Å². The number of aryl methyl sites for hydroxylation is 1. The second kappa shape index (κ2) is 7.71. The fourth-order valence-electron chi connectivity index (χ4n) is 2.49. The molecule has 1 aromatic rings. The van der Waals surface area contributed by atoms with Crippen LogP contribution < -0.4 is 16.2 Å². The van der Waals surface area contributed by atoms with E-state index in [1.165, 1.54) is 6.07 Å². The number of H-pyrrole nitrogens is 1. The van der Waals surface area contributed by atoms with Crippen molar-refractivity contribution in [2.75, 3.05) is 13.1 Å². The van der Waals surface area contributed by atoms with Gasteiger partial charge in [0.1, 0.15) is 11.9 Å². The molecule has 0 unspecified atom stereocenters. The lowest BCUT2D eigenvalue weighted by Crippen LogP contribution is -2.37. The zero-order valence-corrected chi connectivity index (χ0v) is 13.7. The van der Waals surface area contributed by atoms with Crippen LogP contribution in [0.1, 0.15) is 31.3 Å². The topological polar surface area (TPSA) is 124 Å². The summed E-state index contributed by atoms with van der Waals surface area (Å²) in [5.74, 6) is -0.233. The number of carbonyl (C=O) groups excluding carboxylic acids is 3. The Morgan fingerprint density at radius 2 is 2.12 bits per heavy atom. The Labute approximate surface area is 138 Å². The van der Waals surface area contributed by atoms with E-state index in [-0.39, 0.29) is 30.3 Å². The Balaban J connectivity index is 1.80. The summed E-state index contributed by atoms with van der Waals surface area (Å²) in [4.78, 5) is 54.8. The highest BCUT2D eigenvalue weighted by Crippen LogP contribution is 2.09. The first kappa shape index (κ1) is 17.6. The third-order valence-electron chi connectivity index (χ3n) is 3.55. The molecule has 1 aromatic heterocycles. The number of urea groups is 1. The van der Waals surface area contributed by atoms with Crippen molar-refractivity contribution in [3.63, 3.8) is 0 Å². The number of rotatable bonds is 7. The zero-order chi connectivity index (χ0) is 17.7. The number of hydrogen-bond donors (Lipinski definition) is 3. The van der Waals surface area contributed by atoms with E-state index < -0.39 is 12.1 Å². The van der Waals surface area contributed by atoms with Gasteiger partial charge >= 0.3 is 6.03 Å². The molecule has 9 nitrogen and oxygen atoms in total. The lowest BCUT2D eigenvalue weighted by atomic mass is 10.2. The lowest BCUT2D eigenvalue weighted by molar-refractivity contribution is -0.130. The minimum absolute atomic E-state index is 0.109. The SMILES string of the molecule is CCCN1C(=O)N[C@@H](CC(=O)NCCc2nc(C)cc(=O)[nH]2)C1=O. The summed E-state index contributed by atoms with van der Waals surface area (Å²) in [5, 5.41) is 5.17. The maximum atomic E-state index is 12.0. The van der Waals surface area contributed by atoms with Gasteiger partial charge in [-0.15, -0.1) is 0 Å². The molecule has 0 radical (unpaired) electrons. The van der Waals surface area contributed by atoms with Crippen LogP contribution in [0.3, 0.4) is 0 Å². The molecule has 0 spiro atoms. The first-order valence-corrected chi connectivity index (χ1v) is 7.86. The molecule has 1 atom stereocenters. The molecule has 2 heterocycles. The third kappa shape index (κ3) is 4.40. The van der Waals surface area contributed by atoms with Gasteiger partial charge < -0.3 is 15.6 Å². The first-order valence-electron chi connectivity index (χ1n) is 7.86. The van der Waals surface area contributed by atoms with Crippen molar-refractivity contribution in [2.45, 2.75) is 39.2 Å². The van der Waals surface area contributed by atoms with Crippen molar-refractivity contribution in [2.24, 2.45) is 0 Å². The zero-order valence-electron chi connectivity index (χ0n) is 13.7. The Bertz CT molecular complexity index is 699. The molecule has 3 N–H and O–H groups in total. The molecule has 1 fully saturated rings. The fraction of sp³-hybridized carbons (Fsp3) is 0.533. The van der Waals surface area contributed by atoms with E-state index in [9.17, 15) is 19.2 Å². The number of hydrogen-bond acceptors (Lipinski definition) is 5. The Morgan fingerprint density at radius 1 is 1.38 bits per heavy atom. The lowest BCUT2D eigenvalue weighted by Gasteiger charge is -2.11. The smallest absolute Gasteiger partial charge is 0.324 e. The van der Waals surface area contributed by atoms with Crippen molar-refractivity contribution in [1.82, 2.24) is 25.5 Å². The highest BCUT2D eigenvalue weighted by molar-refractivity contribution is 6.05. The Hall–Kier alpha value is -2.71. The average Bonchev–Trinajstić information content (AvgIpc) is 2.74. The van der Waals surface area contributed by atoms with Crippen LogP contribution in [0.5, 0.6) is 0 Å². The molecule has 130 valence electrons. The van der Waals surface area contributed by atoms with Crippen molar-refractivity contribution in [3.05, 3.63) is 27.9 Å². The van der Waals surface area contributed by atoms with E-state index >= 15 is 0 Å². The van der Waals surface area contributed by atoms with Gasteiger partial charge in [0.05, 0.1) is 6.42 Å². The molecular formula is C15H21N5O4. The fourth-order valence-corrected chi connectivity index (χ4v) is 2.49. The maximum Gasteiger partial charge on any atom is 0.324 e. The number of nitrogens with one attached hydrogen (secondary N) is 3. The summed E-state index contributed by atoms with van der Waals surface area (Å²) in [6, 6.07) is 0.112. The van der Waals surface area contributed by atoms with Crippen LogP contribution in [0.4, 0.5) is 4.79 Å². The molecular weight excluding hydrogens is 314 g/mol. The average molecular weight is 335 g/mol. The van der Waals surface area contributed by atoms with Gasteiger partial charge in [-0.05, 0) is 13.3 Å². The number of nitrogens with zero attached hydrogens (tertiary/aromatic N) is 2. The largest absolute Gasteiger partial charge is 0.356 e. The van der Waals surface area contributed by atoms with Gasteiger partial charge in [-0.2, -0.15) is 0 Å².